The van der Waals surface area contributed by atoms with Gasteiger partial charge in [0.2, 0.25) is 0 Å². The number of amides is 1. The van der Waals surface area contributed by atoms with Crippen molar-refractivity contribution < 1.29 is 4.79 Å². The van der Waals surface area contributed by atoms with Crippen LogP contribution in [0.25, 0.3) is 0 Å². The lowest BCUT2D eigenvalue weighted by atomic mass is 9.99. The van der Waals surface area contributed by atoms with Crippen LogP contribution in [0.2, 0.25) is 0 Å². The van der Waals surface area contributed by atoms with E-state index >= 15 is 0 Å². The van der Waals surface area contributed by atoms with Gasteiger partial charge in [-0.3, -0.25) is 14.6 Å². The first-order valence-corrected chi connectivity index (χ1v) is 5.04. The number of nitrogens with zero attached hydrogens (tertiary/aromatic N) is 2. The van der Waals surface area contributed by atoms with E-state index in [9.17, 15) is 4.79 Å². The number of carbonyl (C=O) groups is 1. The summed E-state index contributed by atoms with van der Waals surface area (Å²) in [5.74, 6) is -0.277. The SMILES string of the molecule is CCCCC(C(N)=O)(N(C)C)N(C)C. The maximum atomic E-state index is 11.5. The van der Waals surface area contributed by atoms with Crippen LogP contribution < -0.4 is 5.73 Å². The second kappa shape index (κ2) is 5.32. The minimum atomic E-state index is -0.643. The lowest BCUT2D eigenvalue weighted by Crippen LogP contribution is -2.63. The number of unbranched alkanes of at least 4 members (excludes halogenated alkanes) is 1. The van der Waals surface area contributed by atoms with Gasteiger partial charge in [0.05, 0.1) is 0 Å². The Morgan fingerprint density at radius 2 is 1.64 bits per heavy atom. The molecule has 0 fully saturated rings. The summed E-state index contributed by atoms with van der Waals surface area (Å²) in [7, 11) is 7.56. The van der Waals surface area contributed by atoms with Crippen molar-refractivity contribution in [3.63, 3.8) is 0 Å². The van der Waals surface area contributed by atoms with Crippen LogP contribution in [0.1, 0.15) is 26.2 Å². The average Bonchev–Trinajstić information content (AvgIpc) is 2.03. The molecule has 0 aromatic heterocycles. The molecular formula is C10H23N3O. The second-order valence-electron chi connectivity index (χ2n) is 4.07. The molecule has 4 nitrogen and oxygen atoms in total. The fourth-order valence-electron chi connectivity index (χ4n) is 1.83. The molecule has 14 heavy (non-hydrogen) atoms. The Morgan fingerprint density at radius 1 is 1.21 bits per heavy atom. The predicted molar refractivity (Wildman–Crippen MR) is 58.8 cm³/mol. The van der Waals surface area contributed by atoms with E-state index in [1.807, 2.05) is 38.0 Å². The van der Waals surface area contributed by atoms with Crippen molar-refractivity contribution >= 4 is 5.91 Å². The number of primary amides is 1. The maximum Gasteiger partial charge on any atom is 0.253 e. The van der Waals surface area contributed by atoms with Crippen molar-refractivity contribution in [2.24, 2.45) is 5.73 Å². The van der Waals surface area contributed by atoms with Gasteiger partial charge < -0.3 is 5.73 Å². The highest BCUT2D eigenvalue weighted by Crippen LogP contribution is 2.22. The van der Waals surface area contributed by atoms with Gasteiger partial charge in [0.15, 0.2) is 5.66 Å². The first-order valence-electron chi connectivity index (χ1n) is 5.04. The molecule has 0 aromatic carbocycles. The number of nitrogens with two attached hydrogens (primary N) is 1. The molecule has 0 saturated heterocycles. The highest BCUT2D eigenvalue weighted by Gasteiger charge is 2.40. The molecule has 1 amide bonds. The maximum absolute atomic E-state index is 11.5. The van der Waals surface area contributed by atoms with Gasteiger partial charge in [-0.25, -0.2) is 0 Å². The van der Waals surface area contributed by atoms with E-state index in [0.29, 0.717) is 0 Å². The van der Waals surface area contributed by atoms with Crippen LogP contribution in [0.15, 0.2) is 0 Å². The first kappa shape index (κ1) is 13.4. The summed E-state index contributed by atoms with van der Waals surface area (Å²) in [6.07, 6.45) is 2.84. The zero-order chi connectivity index (χ0) is 11.4. The van der Waals surface area contributed by atoms with Crippen LogP contribution >= 0.6 is 0 Å². The molecule has 0 atom stereocenters. The van der Waals surface area contributed by atoms with Crippen molar-refractivity contribution in [2.45, 2.75) is 31.8 Å². The van der Waals surface area contributed by atoms with Gasteiger partial charge in [-0.1, -0.05) is 13.3 Å². The Balaban J connectivity index is 4.85. The zero-order valence-electron chi connectivity index (χ0n) is 10.0. The molecule has 84 valence electrons. The summed E-state index contributed by atoms with van der Waals surface area (Å²) >= 11 is 0. The van der Waals surface area contributed by atoms with Crippen molar-refractivity contribution in [2.75, 3.05) is 28.2 Å². The molecular weight excluding hydrogens is 178 g/mol. The third-order valence-electron chi connectivity index (χ3n) is 2.75. The largest absolute Gasteiger partial charge is 0.367 e. The lowest BCUT2D eigenvalue weighted by Gasteiger charge is -2.42. The monoisotopic (exact) mass is 201 g/mol. The molecule has 0 radical (unpaired) electrons. The normalized spacial score (nSPS) is 12.5. The highest BCUT2D eigenvalue weighted by atomic mass is 16.2. The van der Waals surface area contributed by atoms with E-state index < -0.39 is 5.66 Å². The number of rotatable bonds is 6. The average molecular weight is 201 g/mol. The molecule has 0 spiro atoms. The van der Waals surface area contributed by atoms with Gasteiger partial charge in [0.25, 0.3) is 5.91 Å². The minimum absolute atomic E-state index is 0.277. The fraction of sp³-hybridized carbons (Fsp3) is 0.900. The van der Waals surface area contributed by atoms with Gasteiger partial charge in [0.1, 0.15) is 0 Å². The topological polar surface area (TPSA) is 49.6 Å². The second-order valence-corrected chi connectivity index (χ2v) is 4.07. The molecule has 0 rings (SSSR count). The molecule has 0 saturated carbocycles. The molecule has 4 heteroatoms. The third-order valence-corrected chi connectivity index (χ3v) is 2.75. The first-order chi connectivity index (χ1) is 6.39. The molecule has 2 N–H and O–H groups in total. The van der Waals surface area contributed by atoms with Crippen molar-refractivity contribution in [3.05, 3.63) is 0 Å². The van der Waals surface area contributed by atoms with Crippen LogP contribution in [0.5, 0.6) is 0 Å². The van der Waals surface area contributed by atoms with Crippen LogP contribution in [-0.2, 0) is 4.79 Å². The summed E-state index contributed by atoms with van der Waals surface area (Å²) in [6.45, 7) is 2.11. The van der Waals surface area contributed by atoms with Gasteiger partial charge in [-0.2, -0.15) is 0 Å². The zero-order valence-corrected chi connectivity index (χ0v) is 10.0. The van der Waals surface area contributed by atoms with Gasteiger partial charge in [-0.15, -0.1) is 0 Å². The van der Waals surface area contributed by atoms with E-state index in [-0.39, 0.29) is 5.91 Å². The number of likely N-dealkylation sites (N-methyl/N-ethyl adjacent to an activating group) is 2. The van der Waals surface area contributed by atoms with E-state index in [2.05, 4.69) is 6.92 Å². The summed E-state index contributed by atoms with van der Waals surface area (Å²) in [5, 5.41) is 0. The number of hydrogen-bond donors (Lipinski definition) is 1. The molecule has 0 aliphatic carbocycles. The van der Waals surface area contributed by atoms with E-state index in [4.69, 9.17) is 5.73 Å². The Kier molecular flexibility index (Phi) is 5.08. The van der Waals surface area contributed by atoms with Crippen LogP contribution in [0.3, 0.4) is 0 Å². The quantitative estimate of drug-likeness (QED) is 0.636. The Labute approximate surface area is 87.0 Å². The highest BCUT2D eigenvalue weighted by molar-refractivity contribution is 5.84. The van der Waals surface area contributed by atoms with Crippen LogP contribution in [0.4, 0.5) is 0 Å². The molecule has 0 unspecified atom stereocenters. The molecule has 0 aliphatic heterocycles. The summed E-state index contributed by atoms with van der Waals surface area (Å²) in [6, 6.07) is 0. The standard InChI is InChI=1S/C10H23N3O/c1-6-7-8-10(9(11)14,12(2)3)13(4)5/h6-8H2,1-5H3,(H2,11,14). The summed E-state index contributed by atoms with van der Waals surface area (Å²) < 4.78 is 0. The third kappa shape index (κ3) is 2.45. The van der Waals surface area contributed by atoms with Crippen LogP contribution in [-0.4, -0.2) is 49.6 Å². The molecule has 0 bridgehead atoms. The van der Waals surface area contributed by atoms with E-state index in [1.54, 1.807) is 0 Å². The number of hydrogen-bond acceptors (Lipinski definition) is 3. The summed E-state index contributed by atoms with van der Waals surface area (Å²) in [4.78, 5) is 15.3. The van der Waals surface area contributed by atoms with E-state index in [0.717, 1.165) is 19.3 Å². The molecule has 0 aliphatic rings. The van der Waals surface area contributed by atoms with Gasteiger partial charge in [-0.05, 0) is 41.0 Å². The Bertz CT molecular complexity index is 182. The fourth-order valence-corrected chi connectivity index (χ4v) is 1.83. The van der Waals surface area contributed by atoms with Gasteiger partial charge in [0, 0.05) is 0 Å². The van der Waals surface area contributed by atoms with Crippen molar-refractivity contribution in [3.8, 4) is 0 Å². The number of carbonyl (C=O) groups excluding carboxylic acids is 1. The van der Waals surface area contributed by atoms with Crippen molar-refractivity contribution in [1.29, 1.82) is 0 Å². The Hall–Kier alpha value is -0.610. The van der Waals surface area contributed by atoms with Gasteiger partial charge >= 0.3 is 0 Å². The Morgan fingerprint density at radius 3 is 1.86 bits per heavy atom. The predicted octanol–water partition coefficient (Wildman–Crippen LogP) is 0.481. The molecule has 0 heterocycles. The van der Waals surface area contributed by atoms with Crippen molar-refractivity contribution in [1.82, 2.24) is 9.80 Å². The van der Waals surface area contributed by atoms with E-state index in [1.165, 1.54) is 0 Å². The summed E-state index contributed by atoms with van der Waals surface area (Å²) in [5.41, 5.74) is 4.85. The van der Waals surface area contributed by atoms with Crippen LogP contribution in [0, 0.1) is 0 Å². The molecule has 0 aromatic rings. The minimum Gasteiger partial charge on any atom is -0.367 e. The smallest absolute Gasteiger partial charge is 0.253 e. The lowest BCUT2D eigenvalue weighted by molar-refractivity contribution is -0.140.